The summed E-state index contributed by atoms with van der Waals surface area (Å²) in [4.78, 5) is 0. The highest BCUT2D eigenvalue weighted by Crippen LogP contribution is 2.28. The van der Waals surface area contributed by atoms with Crippen LogP contribution in [-0.2, 0) is 10.0 Å². The molecule has 0 atom stereocenters. The molecule has 0 unspecified atom stereocenters. The highest BCUT2D eigenvalue weighted by atomic mass is 32.2. The molecule has 94 valence electrons. The van der Waals surface area contributed by atoms with Gasteiger partial charge in [0.2, 0.25) is 10.0 Å². The summed E-state index contributed by atoms with van der Waals surface area (Å²) in [5, 5.41) is 3.05. The molecule has 0 amide bonds. The van der Waals surface area contributed by atoms with Gasteiger partial charge in [0, 0.05) is 13.6 Å². The van der Waals surface area contributed by atoms with Crippen molar-refractivity contribution in [3.05, 3.63) is 0 Å². The molecule has 0 radical (unpaired) electrons. The molecule has 4 nitrogen and oxygen atoms in total. The summed E-state index contributed by atoms with van der Waals surface area (Å²) in [6, 6.07) is 0. The van der Waals surface area contributed by atoms with Gasteiger partial charge in [-0.3, -0.25) is 0 Å². The van der Waals surface area contributed by atoms with Gasteiger partial charge in [0.25, 0.3) is 0 Å². The first kappa shape index (κ1) is 12.3. The van der Waals surface area contributed by atoms with Gasteiger partial charge in [-0.25, -0.2) is 12.7 Å². The Hall–Kier alpha value is -0.130. The van der Waals surface area contributed by atoms with Gasteiger partial charge < -0.3 is 5.32 Å². The summed E-state index contributed by atoms with van der Waals surface area (Å²) < 4.78 is 26.1. The maximum Gasteiger partial charge on any atom is 0.216 e. The van der Waals surface area contributed by atoms with Gasteiger partial charge in [-0.15, -0.1) is 0 Å². The topological polar surface area (TPSA) is 49.4 Å². The number of rotatable bonds is 4. The Balaban J connectivity index is 1.93. The summed E-state index contributed by atoms with van der Waals surface area (Å²) in [5.41, 5.74) is 0. The molecule has 5 heteroatoms. The fourth-order valence-corrected chi connectivity index (χ4v) is 4.25. The molecule has 0 spiro atoms. The van der Waals surface area contributed by atoms with Gasteiger partial charge in [-0.05, 0) is 44.7 Å². The first-order valence-electron chi connectivity index (χ1n) is 6.26. The Labute approximate surface area is 98.4 Å². The number of hydrogen-bond donors (Lipinski definition) is 1. The summed E-state index contributed by atoms with van der Waals surface area (Å²) in [6.07, 6.45) is 5.19. The fraction of sp³-hybridized carbons (Fsp3) is 1.00. The van der Waals surface area contributed by atoms with Gasteiger partial charge >= 0.3 is 0 Å². The second kappa shape index (κ2) is 5.02. The molecule has 0 bridgehead atoms. The zero-order valence-electron chi connectivity index (χ0n) is 9.98. The molecule has 2 rings (SSSR count). The molecule has 1 aliphatic carbocycles. The average molecular weight is 246 g/mol. The molecule has 1 saturated heterocycles. The number of sulfonamides is 1. The summed E-state index contributed by atoms with van der Waals surface area (Å²) in [6.45, 7) is 2.40. The lowest BCUT2D eigenvalue weighted by Crippen LogP contribution is -2.44. The summed E-state index contributed by atoms with van der Waals surface area (Å²) >= 11 is 0. The number of piperidine rings is 1. The van der Waals surface area contributed by atoms with E-state index in [9.17, 15) is 8.42 Å². The normalized spacial score (nSPS) is 24.6. The Kier molecular flexibility index (Phi) is 3.87. The summed E-state index contributed by atoms with van der Waals surface area (Å²) in [7, 11) is -1.29. The van der Waals surface area contributed by atoms with Crippen molar-refractivity contribution in [3.63, 3.8) is 0 Å². The van der Waals surface area contributed by atoms with E-state index in [1.54, 1.807) is 11.4 Å². The van der Waals surface area contributed by atoms with Crippen molar-refractivity contribution in [2.45, 2.75) is 37.4 Å². The number of hydrogen-bond acceptors (Lipinski definition) is 3. The molecule has 2 aliphatic rings. The van der Waals surface area contributed by atoms with Crippen molar-refractivity contribution in [2.75, 3.05) is 26.7 Å². The van der Waals surface area contributed by atoms with Crippen LogP contribution in [0.5, 0.6) is 0 Å². The highest BCUT2D eigenvalue weighted by Gasteiger charge is 2.32. The van der Waals surface area contributed by atoms with Crippen LogP contribution in [0.15, 0.2) is 0 Å². The highest BCUT2D eigenvalue weighted by molar-refractivity contribution is 7.89. The first-order valence-corrected chi connectivity index (χ1v) is 7.77. The van der Waals surface area contributed by atoms with E-state index in [2.05, 4.69) is 5.32 Å². The quantitative estimate of drug-likeness (QED) is 0.798. The minimum absolute atomic E-state index is 0.154. The van der Waals surface area contributed by atoms with Crippen LogP contribution in [0, 0.1) is 5.92 Å². The van der Waals surface area contributed by atoms with Gasteiger partial charge in [0.05, 0.1) is 5.25 Å². The molecule has 1 aliphatic heterocycles. The zero-order valence-corrected chi connectivity index (χ0v) is 10.8. The number of nitrogens with one attached hydrogen (secondary N) is 1. The third kappa shape index (κ3) is 2.57. The molecule has 1 N–H and O–H groups in total. The molecule has 1 saturated carbocycles. The molecule has 1 heterocycles. The van der Waals surface area contributed by atoms with Crippen LogP contribution in [0.2, 0.25) is 0 Å². The Morgan fingerprint density at radius 3 is 2.31 bits per heavy atom. The van der Waals surface area contributed by atoms with Crippen LogP contribution in [0.25, 0.3) is 0 Å². The molecular formula is C11H22N2O2S. The van der Waals surface area contributed by atoms with E-state index in [0.29, 0.717) is 5.92 Å². The minimum atomic E-state index is -3.04. The Morgan fingerprint density at radius 1 is 1.19 bits per heavy atom. The lowest BCUT2D eigenvalue weighted by Gasteiger charge is -2.33. The third-order valence-corrected chi connectivity index (χ3v) is 6.21. The maximum absolute atomic E-state index is 12.3. The van der Waals surface area contributed by atoms with Gasteiger partial charge in [-0.2, -0.15) is 0 Å². The van der Waals surface area contributed by atoms with Gasteiger partial charge in [0.1, 0.15) is 0 Å². The molecule has 16 heavy (non-hydrogen) atoms. The average Bonchev–Trinajstić information content (AvgIpc) is 2.24. The van der Waals surface area contributed by atoms with Crippen LogP contribution in [0.4, 0.5) is 0 Å². The predicted octanol–water partition coefficient (Wildman–Crippen LogP) is 0.800. The second-order valence-corrected chi connectivity index (χ2v) is 7.39. The molecule has 0 aromatic carbocycles. The molecule has 0 aromatic rings. The minimum Gasteiger partial charge on any atom is -0.317 e. The maximum atomic E-state index is 12.3. The third-order valence-electron chi connectivity index (χ3n) is 3.88. The second-order valence-electron chi connectivity index (χ2n) is 5.07. The van der Waals surface area contributed by atoms with Crippen molar-refractivity contribution in [2.24, 2.45) is 5.92 Å². The van der Waals surface area contributed by atoms with Crippen LogP contribution in [0.1, 0.15) is 32.1 Å². The molecule has 2 fully saturated rings. The van der Waals surface area contributed by atoms with Crippen molar-refractivity contribution in [1.29, 1.82) is 0 Å². The molecule has 0 aromatic heterocycles. The number of nitrogens with zero attached hydrogens (tertiary/aromatic N) is 1. The van der Waals surface area contributed by atoms with Crippen LogP contribution in [-0.4, -0.2) is 44.7 Å². The monoisotopic (exact) mass is 246 g/mol. The van der Waals surface area contributed by atoms with E-state index in [-0.39, 0.29) is 5.25 Å². The predicted molar refractivity (Wildman–Crippen MR) is 64.8 cm³/mol. The lowest BCUT2D eigenvalue weighted by atomic mass is 9.86. The standard InChI is InChI=1S/C11H22N2O2S/c1-13(9-10-3-2-4-10)16(14,15)11-5-7-12-8-6-11/h10-12H,2-9H2,1H3. The van der Waals surface area contributed by atoms with Crippen molar-refractivity contribution < 1.29 is 8.42 Å². The van der Waals surface area contributed by atoms with E-state index in [1.165, 1.54) is 19.3 Å². The van der Waals surface area contributed by atoms with Crippen LogP contribution in [0.3, 0.4) is 0 Å². The van der Waals surface area contributed by atoms with E-state index in [4.69, 9.17) is 0 Å². The van der Waals surface area contributed by atoms with E-state index in [1.807, 2.05) is 0 Å². The first-order chi connectivity index (χ1) is 7.60. The molecular weight excluding hydrogens is 224 g/mol. The largest absolute Gasteiger partial charge is 0.317 e. The lowest BCUT2D eigenvalue weighted by molar-refractivity contribution is 0.260. The van der Waals surface area contributed by atoms with Crippen molar-refractivity contribution >= 4 is 10.0 Å². The van der Waals surface area contributed by atoms with Crippen molar-refractivity contribution in [1.82, 2.24) is 9.62 Å². The zero-order chi connectivity index (χ0) is 11.6. The van der Waals surface area contributed by atoms with Crippen molar-refractivity contribution in [3.8, 4) is 0 Å². The SMILES string of the molecule is CN(CC1CCC1)S(=O)(=O)C1CCNCC1. The van der Waals surface area contributed by atoms with E-state index >= 15 is 0 Å². The van der Waals surface area contributed by atoms with Gasteiger partial charge in [-0.1, -0.05) is 6.42 Å². The summed E-state index contributed by atoms with van der Waals surface area (Å²) in [5.74, 6) is 0.612. The van der Waals surface area contributed by atoms with Crippen LogP contribution >= 0.6 is 0 Å². The Morgan fingerprint density at radius 2 is 1.81 bits per heavy atom. The Bertz CT molecular complexity index is 319. The van der Waals surface area contributed by atoms with Gasteiger partial charge in [0.15, 0.2) is 0 Å². The van der Waals surface area contributed by atoms with E-state index in [0.717, 1.165) is 32.5 Å². The smallest absolute Gasteiger partial charge is 0.216 e. The van der Waals surface area contributed by atoms with E-state index < -0.39 is 10.0 Å². The fourth-order valence-electron chi connectivity index (χ4n) is 2.49. The van der Waals surface area contributed by atoms with Crippen LogP contribution < -0.4 is 5.32 Å².